The zero-order valence-electron chi connectivity index (χ0n) is 19.2. The van der Waals surface area contributed by atoms with Crippen LogP contribution in [0.4, 0.5) is 4.79 Å². The van der Waals surface area contributed by atoms with Crippen LogP contribution in [0.2, 0.25) is 0 Å². The molecule has 0 aromatic carbocycles. The monoisotopic (exact) mass is 476 g/mol. The van der Waals surface area contributed by atoms with Crippen molar-refractivity contribution in [3.05, 3.63) is 44.8 Å². The third kappa shape index (κ3) is 11.4. The van der Waals surface area contributed by atoms with Gasteiger partial charge in [0.05, 0.1) is 25.0 Å². The number of nitrogens with zero attached hydrogens (tertiary/aromatic N) is 1. The van der Waals surface area contributed by atoms with Gasteiger partial charge in [-0.05, 0) is 41.0 Å². The lowest BCUT2D eigenvalue weighted by Gasteiger charge is -2.17. The van der Waals surface area contributed by atoms with E-state index in [1.54, 1.807) is 26.8 Å². The zero-order chi connectivity index (χ0) is 24.1. The van der Waals surface area contributed by atoms with Crippen LogP contribution in [0, 0.1) is 6.92 Å². The molecule has 1 N–H and O–H groups in total. The van der Waals surface area contributed by atoms with Gasteiger partial charge in [-0.2, -0.15) is 0 Å². The summed E-state index contributed by atoms with van der Waals surface area (Å²) < 4.78 is 40.0. The number of allylic oxidation sites excluding steroid dienone is 2. The van der Waals surface area contributed by atoms with Gasteiger partial charge in [0.1, 0.15) is 0 Å². The molecule has 0 radical (unpaired) electrons. The fourth-order valence-corrected chi connectivity index (χ4v) is 3.56. The van der Waals surface area contributed by atoms with Crippen LogP contribution in [-0.4, -0.2) is 54.1 Å². The first kappa shape index (κ1) is 27.8. The molecule has 0 amide bonds. The summed E-state index contributed by atoms with van der Waals surface area (Å²) in [4.78, 5) is 36.9. The molecule has 1 heterocycles. The molecule has 0 aliphatic carbocycles. The Balaban J connectivity index is 2.67. The average molecular weight is 476 g/mol. The summed E-state index contributed by atoms with van der Waals surface area (Å²) in [5, 5.41) is 0. The highest BCUT2D eigenvalue weighted by Crippen LogP contribution is 2.48. The van der Waals surface area contributed by atoms with Crippen molar-refractivity contribution in [2.75, 3.05) is 26.2 Å². The van der Waals surface area contributed by atoms with Crippen molar-refractivity contribution in [3.63, 3.8) is 0 Å². The number of rotatable bonds is 14. The van der Waals surface area contributed by atoms with Crippen LogP contribution < -0.4 is 11.2 Å². The van der Waals surface area contributed by atoms with Crippen LogP contribution in [0.1, 0.15) is 39.7 Å². The lowest BCUT2D eigenvalue weighted by atomic mass is 10.4. The second-order valence-electron chi connectivity index (χ2n) is 7.40. The van der Waals surface area contributed by atoms with Crippen LogP contribution in [0.5, 0.6) is 0 Å². The van der Waals surface area contributed by atoms with Gasteiger partial charge in [0.25, 0.3) is 5.56 Å². The Morgan fingerprint density at radius 3 is 2.50 bits per heavy atom. The highest BCUT2D eigenvalue weighted by Gasteiger charge is 2.24. The minimum absolute atomic E-state index is 0.0707. The quantitative estimate of drug-likeness (QED) is 0.141. The highest BCUT2D eigenvalue weighted by atomic mass is 31.2. The molecule has 0 saturated heterocycles. The predicted molar refractivity (Wildman–Crippen MR) is 118 cm³/mol. The normalized spacial score (nSPS) is 13.6. The molecule has 11 nitrogen and oxygen atoms in total. The number of ether oxygens (including phenoxy) is 3. The summed E-state index contributed by atoms with van der Waals surface area (Å²) in [5.41, 5.74) is -0.605. The van der Waals surface area contributed by atoms with E-state index in [2.05, 4.69) is 4.98 Å². The molecule has 0 spiro atoms. The number of aromatic amines is 1. The molecule has 1 unspecified atom stereocenters. The third-order valence-corrected chi connectivity index (χ3v) is 5.51. The Hall–Kier alpha value is -2.20. The smallest absolute Gasteiger partial charge is 0.432 e. The number of nitrogens with one attached hydrogen (secondary N) is 1. The number of aryl methyl sites for hydroxylation is 1. The SMILES string of the molecule is Cc1cn(C/C=C/CP(=O)(OCCCOC(C)C)OCOC(=O)OC(C)C)c(=O)[nH]c1=O. The average Bonchev–Trinajstić information content (AvgIpc) is 2.68. The van der Waals surface area contributed by atoms with Crippen molar-refractivity contribution in [1.29, 1.82) is 0 Å². The van der Waals surface area contributed by atoms with E-state index in [0.29, 0.717) is 18.6 Å². The molecule has 1 aromatic heterocycles. The van der Waals surface area contributed by atoms with Gasteiger partial charge in [-0.15, -0.1) is 0 Å². The summed E-state index contributed by atoms with van der Waals surface area (Å²) in [6.45, 7) is 8.82. The maximum absolute atomic E-state index is 13.0. The Morgan fingerprint density at radius 2 is 1.84 bits per heavy atom. The van der Waals surface area contributed by atoms with E-state index in [4.69, 9.17) is 23.3 Å². The Kier molecular flexibility index (Phi) is 12.2. The van der Waals surface area contributed by atoms with E-state index in [1.807, 2.05) is 13.8 Å². The molecule has 0 aliphatic rings. The van der Waals surface area contributed by atoms with E-state index >= 15 is 0 Å². The topological polar surface area (TPSA) is 135 Å². The van der Waals surface area contributed by atoms with Gasteiger partial charge in [-0.1, -0.05) is 12.2 Å². The summed E-state index contributed by atoms with van der Waals surface area (Å²) in [6.07, 6.45) is 3.70. The predicted octanol–water partition coefficient (Wildman–Crippen LogP) is 2.96. The number of H-pyrrole nitrogens is 1. The van der Waals surface area contributed by atoms with Gasteiger partial charge in [0.15, 0.2) is 0 Å². The van der Waals surface area contributed by atoms with Crippen LogP contribution in [-0.2, 0) is 34.4 Å². The summed E-state index contributed by atoms with van der Waals surface area (Å²) in [5.74, 6) is 0. The van der Waals surface area contributed by atoms with Crippen LogP contribution in [0.25, 0.3) is 0 Å². The first-order chi connectivity index (χ1) is 15.0. The summed E-state index contributed by atoms with van der Waals surface area (Å²) in [7, 11) is -3.64. The first-order valence-corrected chi connectivity index (χ1v) is 12.0. The van der Waals surface area contributed by atoms with Crippen molar-refractivity contribution in [1.82, 2.24) is 9.55 Å². The van der Waals surface area contributed by atoms with Crippen molar-refractivity contribution in [3.8, 4) is 0 Å². The lowest BCUT2D eigenvalue weighted by molar-refractivity contribution is -0.0131. The molecule has 0 bridgehead atoms. The fourth-order valence-electron chi connectivity index (χ4n) is 2.25. The Bertz CT molecular complexity index is 905. The summed E-state index contributed by atoms with van der Waals surface area (Å²) >= 11 is 0. The molecule has 182 valence electrons. The van der Waals surface area contributed by atoms with Crippen LogP contribution in [0.3, 0.4) is 0 Å². The molecule has 1 aromatic rings. The Morgan fingerprint density at radius 1 is 1.12 bits per heavy atom. The van der Waals surface area contributed by atoms with E-state index in [9.17, 15) is 18.9 Å². The van der Waals surface area contributed by atoms with Gasteiger partial charge < -0.3 is 18.7 Å². The number of aromatic nitrogens is 2. The zero-order valence-corrected chi connectivity index (χ0v) is 20.1. The maximum atomic E-state index is 13.0. The highest BCUT2D eigenvalue weighted by molar-refractivity contribution is 7.54. The number of hydrogen-bond donors (Lipinski definition) is 1. The van der Waals surface area contributed by atoms with Crippen molar-refractivity contribution < 1.29 is 32.6 Å². The minimum atomic E-state index is -3.64. The van der Waals surface area contributed by atoms with Gasteiger partial charge >= 0.3 is 19.4 Å². The van der Waals surface area contributed by atoms with E-state index in [0.717, 1.165) is 0 Å². The maximum Gasteiger partial charge on any atom is 0.510 e. The van der Waals surface area contributed by atoms with Crippen molar-refractivity contribution in [2.24, 2.45) is 0 Å². The van der Waals surface area contributed by atoms with Crippen molar-refractivity contribution >= 4 is 13.8 Å². The summed E-state index contributed by atoms with van der Waals surface area (Å²) in [6, 6.07) is 0. The van der Waals surface area contributed by atoms with Crippen molar-refractivity contribution in [2.45, 2.75) is 59.8 Å². The van der Waals surface area contributed by atoms with Gasteiger partial charge in [-0.3, -0.25) is 23.4 Å². The molecule has 32 heavy (non-hydrogen) atoms. The van der Waals surface area contributed by atoms with E-state index in [-0.39, 0.29) is 31.5 Å². The molecule has 0 saturated carbocycles. The van der Waals surface area contributed by atoms with E-state index in [1.165, 1.54) is 16.8 Å². The molecular weight excluding hydrogens is 443 g/mol. The number of carbonyl (C=O) groups is 1. The molecule has 1 rings (SSSR count). The second kappa shape index (κ2) is 14.1. The number of carbonyl (C=O) groups excluding carboxylic acids is 1. The first-order valence-electron chi connectivity index (χ1n) is 10.3. The molecule has 0 aliphatic heterocycles. The third-order valence-electron chi connectivity index (χ3n) is 3.77. The van der Waals surface area contributed by atoms with E-state index < -0.39 is 31.8 Å². The lowest BCUT2D eigenvalue weighted by Crippen LogP contribution is -2.30. The van der Waals surface area contributed by atoms with Gasteiger partial charge in [0, 0.05) is 24.9 Å². The second-order valence-corrected chi connectivity index (χ2v) is 9.51. The molecule has 1 atom stereocenters. The molecular formula is C20H33N2O9P. The number of hydrogen-bond acceptors (Lipinski definition) is 9. The van der Waals surface area contributed by atoms with Crippen LogP contribution >= 0.6 is 7.60 Å². The molecule has 12 heteroatoms. The van der Waals surface area contributed by atoms with Crippen LogP contribution in [0.15, 0.2) is 27.9 Å². The van der Waals surface area contributed by atoms with Gasteiger partial charge in [-0.25, -0.2) is 9.59 Å². The fraction of sp³-hybridized carbons (Fsp3) is 0.650. The molecule has 0 fully saturated rings. The van der Waals surface area contributed by atoms with Gasteiger partial charge in [0.2, 0.25) is 6.79 Å². The largest absolute Gasteiger partial charge is 0.510 e. The standard InChI is InChI=1S/C20H33N2O9P/c1-15(2)27-10-8-11-29-32(26,30-14-28-20(25)31-16(3)4)12-7-6-9-22-13-17(5)18(23)21-19(22)24/h6-7,13,15-16H,8-12,14H2,1-5H3,(H,21,23,24)/b7-6+. The minimum Gasteiger partial charge on any atom is -0.432 e. The Labute approximate surface area is 187 Å².